The van der Waals surface area contributed by atoms with Gasteiger partial charge in [0.1, 0.15) is 10.6 Å². The highest BCUT2D eigenvalue weighted by atomic mass is 32.2. The maximum Gasteiger partial charge on any atom is 0.435 e. The van der Waals surface area contributed by atoms with E-state index in [9.17, 15) is 53.4 Å². The maximum atomic E-state index is 14.7. The smallest absolute Gasteiger partial charge is 0.435 e. The fourth-order valence-electron chi connectivity index (χ4n) is 5.51. The Labute approximate surface area is 205 Å². The van der Waals surface area contributed by atoms with Gasteiger partial charge in [0.25, 0.3) is 0 Å². The van der Waals surface area contributed by atoms with Crippen molar-refractivity contribution in [1.82, 2.24) is 4.90 Å². The predicted octanol–water partition coefficient (Wildman–Crippen LogP) is 4.89. The molecule has 0 aromatic heterocycles. The van der Waals surface area contributed by atoms with E-state index in [4.69, 9.17) is 0 Å². The Morgan fingerprint density at radius 1 is 1.00 bits per heavy atom. The van der Waals surface area contributed by atoms with Crippen LogP contribution in [0.3, 0.4) is 0 Å². The first kappa shape index (κ1) is 27.3. The first-order chi connectivity index (χ1) is 17.0. The van der Waals surface area contributed by atoms with Gasteiger partial charge < -0.3 is 5.11 Å². The van der Waals surface area contributed by atoms with E-state index in [2.05, 4.69) is 0 Å². The predicted molar refractivity (Wildman–Crippen MR) is 113 cm³/mol. The Kier molecular flexibility index (Phi) is 6.38. The van der Waals surface area contributed by atoms with Gasteiger partial charge in [0.05, 0.1) is 11.4 Å². The zero-order valence-electron chi connectivity index (χ0n) is 18.7. The number of benzene rings is 2. The van der Waals surface area contributed by atoms with Crippen LogP contribution in [0.5, 0.6) is 0 Å². The van der Waals surface area contributed by atoms with Gasteiger partial charge >= 0.3 is 24.0 Å². The molecule has 1 heterocycles. The molecule has 2 aromatic carbocycles. The summed E-state index contributed by atoms with van der Waals surface area (Å²) in [5, 5.41) is 9.28. The number of carboxylic acids is 1. The van der Waals surface area contributed by atoms with E-state index in [0.717, 1.165) is 30.3 Å². The molecule has 5 nitrogen and oxygen atoms in total. The molecule has 1 saturated heterocycles. The van der Waals surface area contributed by atoms with Crippen LogP contribution in [0.25, 0.3) is 0 Å². The summed E-state index contributed by atoms with van der Waals surface area (Å²) in [4.78, 5) is 12.4. The van der Waals surface area contributed by atoms with Crippen molar-refractivity contribution < 1.29 is 53.4 Å². The lowest BCUT2D eigenvalue weighted by molar-refractivity contribution is -0.348. The van der Waals surface area contributed by atoms with Crippen LogP contribution in [0, 0.1) is 5.82 Å². The summed E-state index contributed by atoms with van der Waals surface area (Å²) in [6.45, 7) is -0.620. The van der Waals surface area contributed by atoms with Gasteiger partial charge in [-0.15, -0.1) is 0 Å². The summed E-state index contributed by atoms with van der Waals surface area (Å²) < 4.78 is 134. The Morgan fingerprint density at radius 2 is 1.59 bits per heavy atom. The van der Waals surface area contributed by atoms with Gasteiger partial charge in [0.15, 0.2) is 9.84 Å². The maximum absolute atomic E-state index is 14.7. The van der Waals surface area contributed by atoms with Crippen LogP contribution < -0.4 is 0 Å². The fraction of sp³-hybridized carbons (Fsp3) is 0.435. The van der Waals surface area contributed by atoms with Crippen molar-refractivity contribution in [2.45, 2.75) is 53.0 Å². The number of rotatable bonds is 5. The third-order valence-corrected chi connectivity index (χ3v) is 9.67. The standard InChI is InChI=1S/C23H19F8NO4S/c24-15-3-5-16(6-4-15)37(35,36)20-9-10-32(12-19(33)34)18(20)8-1-13-11-14(2-7-17(13)20)21(25,22(26,27)28)23(29,30)31/h2-7,11,18H,1,8-10,12H2,(H,33,34)/t18-,20-/m0/s1. The quantitative estimate of drug-likeness (QED) is 0.419. The monoisotopic (exact) mass is 557 g/mol. The average Bonchev–Trinajstić information content (AvgIpc) is 3.16. The van der Waals surface area contributed by atoms with Crippen molar-refractivity contribution >= 4 is 15.8 Å². The third-order valence-electron chi connectivity index (χ3n) is 7.12. The van der Waals surface area contributed by atoms with Crippen LogP contribution in [0.2, 0.25) is 0 Å². The summed E-state index contributed by atoms with van der Waals surface area (Å²) in [6, 6.07) is 4.08. The molecule has 2 aromatic rings. The number of halogens is 8. The molecule has 0 bridgehead atoms. The molecule has 0 spiro atoms. The number of sulfone groups is 1. The largest absolute Gasteiger partial charge is 0.480 e. The average molecular weight is 557 g/mol. The summed E-state index contributed by atoms with van der Waals surface area (Å²) in [5.41, 5.74) is -7.80. The first-order valence-electron chi connectivity index (χ1n) is 10.9. The number of aryl methyl sites for hydroxylation is 1. The van der Waals surface area contributed by atoms with E-state index in [0.29, 0.717) is 6.07 Å². The van der Waals surface area contributed by atoms with Gasteiger partial charge in [-0.1, -0.05) is 18.2 Å². The zero-order chi connectivity index (χ0) is 27.6. The number of hydrogen-bond acceptors (Lipinski definition) is 4. The molecule has 1 aliphatic carbocycles. The molecule has 202 valence electrons. The highest BCUT2D eigenvalue weighted by Gasteiger charge is 2.73. The van der Waals surface area contributed by atoms with Crippen LogP contribution in [0.4, 0.5) is 35.1 Å². The van der Waals surface area contributed by atoms with Crippen molar-refractivity contribution in [2.24, 2.45) is 0 Å². The molecule has 37 heavy (non-hydrogen) atoms. The van der Waals surface area contributed by atoms with Gasteiger partial charge in [-0.2, -0.15) is 26.3 Å². The summed E-state index contributed by atoms with van der Waals surface area (Å²) >= 11 is 0. The van der Waals surface area contributed by atoms with E-state index in [-0.39, 0.29) is 47.9 Å². The molecule has 1 aliphatic heterocycles. The summed E-state index contributed by atoms with van der Waals surface area (Å²) in [7, 11) is -4.50. The van der Waals surface area contributed by atoms with E-state index in [1.807, 2.05) is 0 Å². The van der Waals surface area contributed by atoms with Crippen molar-refractivity contribution in [3.05, 3.63) is 65.0 Å². The summed E-state index contributed by atoms with van der Waals surface area (Å²) in [5.74, 6) is -2.02. The van der Waals surface area contributed by atoms with Gasteiger partial charge in [-0.25, -0.2) is 17.2 Å². The molecule has 4 rings (SSSR count). The Bertz CT molecular complexity index is 1310. The second-order valence-electron chi connectivity index (χ2n) is 9.04. The van der Waals surface area contributed by atoms with Crippen LogP contribution in [0.1, 0.15) is 29.5 Å². The topological polar surface area (TPSA) is 74.7 Å². The van der Waals surface area contributed by atoms with Crippen LogP contribution in [-0.4, -0.2) is 55.9 Å². The number of carboxylic acid groups (broad SMARTS) is 1. The Morgan fingerprint density at radius 3 is 2.14 bits per heavy atom. The van der Waals surface area contributed by atoms with E-state index < -0.39 is 62.5 Å². The minimum absolute atomic E-state index is 0.0588. The molecular weight excluding hydrogens is 538 g/mol. The second kappa shape index (κ2) is 8.65. The first-order valence-corrected chi connectivity index (χ1v) is 12.4. The molecule has 0 unspecified atom stereocenters. The SMILES string of the molecule is O=C(O)CN1CC[C@]2(S(=O)(=O)c3ccc(F)cc3)c3ccc(C(F)(C(F)(F)F)C(F)(F)F)cc3CC[C@H]12. The van der Waals surface area contributed by atoms with Crippen LogP contribution >= 0.6 is 0 Å². The molecule has 1 N–H and O–H groups in total. The number of carbonyl (C=O) groups is 1. The number of aliphatic carboxylic acids is 1. The second-order valence-corrected chi connectivity index (χ2v) is 11.2. The van der Waals surface area contributed by atoms with Crippen LogP contribution in [0.15, 0.2) is 47.4 Å². The molecule has 1 fully saturated rings. The highest BCUT2D eigenvalue weighted by molar-refractivity contribution is 7.92. The van der Waals surface area contributed by atoms with Gasteiger partial charge in [0, 0.05) is 18.2 Å². The van der Waals surface area contributed by atoms with Crippen molar-refractivity contribution in [2.75, 3.05) is 13.1 Å². The van der Waals surface area contributed by atoms with E-state index >= 15 is 0 Å². The minimum atomic E-state index is -6.35. The van der Waals surface area contributed by atoms with E-state index in [1.165, 1.54) is 4.90 Å². The number of nitrogens with zero attached hydrogens (tertiary/aromatic N) is 1. The number of fused-ring (bicyclic) bond motifs is 3. The number of hydrogen-bond donors (Lipinski definition) is 1. The molecule has 2 atom stereocenters. The molecule has 0 saturated carbocycles. The molecule has 2 aliphatic rings. The molecule has 0 amide bonds. The number of likely N-dealkylation sites (tertiary alicyclic amines) is 1. The van der Waals surface area contributed by atoms with E-state index in [1.54, 1.807) is 0 Å². The summed E-state index contributed by atoms with van der Waals surface area (Å²) in [6.07, 6.45) is -13.3. The molecule has 0 radical (unpaired) electrons. The highest BCUT2D eigenvalue weighted by Crippen LogP contribution is 2.56. The van der Waals surface area contributed by atoms with Crippen molar-refractivity contribution in [3.8, 4) is 0 Å². The lowest BCUT2D eigenvalue weighted by atomic mass is 9.77. The van der Waals surface area contributed by atoms with Gasteiger partial charge in [0.2, 0.25) is 0 Å². The van der Waals surface area contributed by atoms with Gasteiger partial charge in [-0.3, -0.25) is 9.69 Å². The fourth-order valence-corrected chi connectivity index (χ4v) is 7.90. The van der Waals surface area contributed by atoms with Crippen molar-refractivity contribution in [3.63, 3.8) is 0 Å². The minimum Gasteiger partial charge on any atom is -0.480 e. The lowest BCUT2D eigenvalue weighted by Crippen LogP contribution is -2.52. The zero-order valence-corrected chi connectivity index (χ0v) is 19.5. The van der Waals surface area contributed by atoms with Gasteiger partial charge in [-0.05, 0) is 54.7 Å². The lowest BCUT2D eigenvalue weighted by Gasteiger charge is -2.43. The van der Waals surface area contributed by atoms with Crippen LogP contribution in [-0.2, 0) is 31.5 Å². The van der Waals surface area contributed by atoms with Crippen molar-refractivity contribution in [1.29, 1.82) is 0 Å². The normalized spacial score (nSPS) is 23.0. The molecule has 14 heteroatoms. The Balaban J connectivity index is 1.95. The Hall–Kier alpha value is -2.74. The third kappa shape index (κ3) is 3.99. The molecular formula is C23H19F8NO4S. The number of alkyl halides is 7.